The summed E-state index contributed by atoms with van der Waals surface area (Å²) in [5.74, 6) is 0.281. The Kier molecular flexibility index (Phi) is 3.83. The predicted molar refractivity (Wildman–Crippen MR) is 84.9 cm³/mol. The van der Waals surface area contributed by atoms with Gasteiger partial charge in [0.15, 0.2) is 0 Å². The molecule has 1 aromatic heterocycles. The first kappa shape index (κ1) is 15.5. The fourth-order valence-corrected chi connectivity index (χ4v) is 2.53. The lowest BCUT2D eigenvalue weighted by Crippen LogP contribution is -2.24. The molecule has 4 nitrogen and oxygen atoms in total. The van der Waals surface area contributed by atoms with E-state index in [1.165, 1.54) is 0 Å². The number of rotatable bonds is 3. The van der Waals surface area contributed by atoms with Gasteiger partial charge < -0.3 is 9.67 Å². The van der Waals surface area contributed by atoms with Crippen molar-refractivity contribution in [3.05, 3.63) is 29.6 Å². The minimum atomic E-state index is -0.904. The number of aromatic nitrogens is 2. The maximum atomic E-state index is 11.6. The molecule has 2 rings (SSSR count). The van der Waals surface area contributed by atoms with Crippen LogP contribution in [-0.2, 0) is 0 Å². The van der Waals surface area contributed by atoms with E-state index >= 15 is 0 Å². The van der Waals surface area contributed by atoms with Crippen molar-refractivity contribution in [3.8, 4) is 0 Å². The van der Waals surface area contributed by atoms with Crippen LogP contribution >= 0.6 is 0 Å². The van der Waals surface area contributed by atoms with E-state index in [9.17, 15) is 9.90 Å². The van der Waals surface area contributed by atoms with Crippen LogP contribution in [0.25, 0.3) is 11.0 Å². The Morgan fingerprint density at radius 2 is 1.86 bits per heavy atom. The minimum Gasteiger partial charge on any atom is -0.478 e. The number of aromatic carboxylic acids is 1. The maximum absolute atomic E-state index is 11.6. The SMILES string of the molecule is CC(C)c1nc2cccc(C(=O)O)c2n1C(C)C(C)(C)C. The predicted octanol–water partition coefficient (Wildman–Crippen LogP) is 4.47. The van der Waals surface area contributed by atoms with Gasteiger partial charge in [-0.1, -0.05) is 40.7 Å². The van der Waals surface area contributed by atoms with Gasteiger partial charge in [-0.3, -0.25) is 0 Å². The maximum Gasteiger partial charge on any atom is 0.337 e. The van der Waals surface area contributed by atoms with Crippen LogP contribution in [0.15, 0.2) is 18.2 Å². The number of para-hydroxylation sites is 1. The van der Waals surface area contributed by atoms with Crippen molar-refractivity contribution in [2.45, 2.75) is 53.5 Å². The molecule has 0 aliphatic rings. The van der Waals surface area contributed by atoms with Crippen LogP contribution in [0, 0.1) is 5.41 Å². The Morgan fingerprint density at radius 3 is 2.33 bits per heavy atom. The number of benzene rings is 1. The summed E-state index contributed by atoms with van der Waals surface area (Å²) in [5.41, 5.74) is 1.83. The van der Waals surface area contributed by atoms with Crippen LogP contribution in [0.5, 0.6) is 0 Å². The summed E-state index contributed by atoms with van der Waals surface area (Å²) in [6.45, 7) is 12.8. The topological polar surface area (TPSA) is 55.1 Å². The summed E-state index contributed by atoms with van der Waals surface area (Å²) in [4.78, 5) is 16.3. The summed E-state index contributed by atoms with van der Waals surface area (Å²) in [5, 5.41) is 9.50. The van der Waals surface area contributed by atoms with Crippen molar-refractivity contribution < 1.29 is 9.90 Å². The molecule has 114 valence electrons. The van der Waals surface area contributed by atoms with Gasteiger partial charge in [-0.25, -0.2) is 9.78 Å². The second-order valence-electron chi connectivity index (χ2n) is 7.02. The third-order valence-electron chi connectivity index (χ3n) is 4.12. The first-order valence-electron chi connectivity index (χ1n) is 7.38. The smallest absolute Gasteiger partial charge is 0.337 e. The summed E-state index contributed by atoms with van der Waals surface area (Å²) in [6.07, 6.45) is 0. The largest absolute Gasteiger partial charge is 0.478 e. The zero-order valence-corrected chi connectivity index (χ0v) is 13.6. The molecule has 0 aliphatic heterocycles. The molecule has 0 spiro atoms. The number of imidazole rings is 1. The van der Waals surface area contributed by atoms with E-state index in [0.717, 1.165) is 16.9 Å². The molecule has 0 saturated carbocycles. The molecular weight excluding hydrogens is 264 g/mol. The second kappa shape index (κ2) is 5.17. The molecule has 0 radical (unpaired) electrons. The van der Waals surface area contributed by atoms with E-state index < -0.39 is 5.97 Å². The van der Waals surface area contributed by atoms with E-state index in [0.29, 0.717) is 5.56 Å². The minimum absolute atomic E-state index is 0.0168. The monoisotopic (exact) mass is 288 g/mol. The molecule has 21 heavy (non-hydrogen) atoms. The van der Waals surface area contributed by atoms with Crippen molar-refractivity contribution in [2.75, 3.05) is 0 Å². The van der Waals surface area contributed by atoms with Gasteiger partial charge in [-0.05, 0) is 24.5 Å². The lowest BCUT2D eigenvalue weighted by Gasteiger charge is -2.31. The summed E-state index contributed by atoms with van der Waals surface area (Å²) in [6, 6.07) is 5.46. The molecule has 1 atom stereocenters. The van der Waals surface area contributed by atoms with Crippen LogP contribution in [-0.4, -0.2) is 20.6 Å². The third-order valence-corrected chi connectivity index (χ3v) is 4.12. The molecule has 1 N–H and O–H groups in total. The van der Waals surface area contributed by atoms with E-state index in [1.807, 2.05) is 6.07 Å². The van der Waals surface area contributed by atoms with Crippen LogP contribution in [0.4, 0.5) is 0 Å². The molecule has 0 bridgehead atoms. The Hall–Kier alpha value is -1.84. The molecule has 1 unspecified atom stereocenters. The third kappa shape index (κ3) is 2.67. The van der Waals surface area contributed by atoms with E-state index in [-0.39, 0.29) is 17.4 Å². The summed E-state index contributed by atoms with van der Waals surface area (Å²) < 4.78 is 2.11. The molecular formula is C17H24N2O2. The molecule has 2 aromatic rings. The second-order valence-corrected chi connectivity index (χ2v) is 7.02. The molecule has 1 heterocycles. The highest BCUT2D eigenvalue weighted by Gasteiger charge is 2.28. The Bertz CT molecular complexity index is 678. The van der Waals surface area contributed by atoms with Gasteiger partial charge >= 0.3 is 5.97 Å². The van der Waals surface area contributed by atoms with E-state index in [4.69, 9.17) is 0 Å². The molecule has 1 aromatic carbocycles. The number of hydrogen-bond donors (Lipinski definition) is 1. The standard InChI is InChI=1S/C17H24N2O2/c1-10(2)15-18-13-9-7-8-12(16(20)21)14(13)19(15)11(3)17(4,5)6/h7-11H,1-6H3,(H,20,21). The summed E-state index contributed by atoms with van der Waals surface area (Å²) in [7, 11) is 0. The lowest BCUT2D eigenvalue weighted by molar-refractivity contribution is 0.0698. The van der Waals surface area contributed by atoms with E-state index in [1.54, 1.807) is 12.1 Å². The Balaban J connectivity index is 2.87. The molecule has 0 aliphatic carbocycles. The molecule has 4 heteroatoms. The van der Waals surface area contributed by atoms with Crippen LogP contribution < -0.4 is 0 Å². The molecule has 0 amide bonds. The van der Waals surface area contributed by atoms with Gasteiger partial charge in [-0.2, -0.15) is 0 Å². The normalized spacial score (nSPS) is 13.9. The van der Waals surface area contributed by atoms with Crippen molar-refractivity contribution in [1.82, 2.24) is 9.55 Å². The highest BCUT2D eigenvalue weighted by atomic mass is 16.4. The van der Waals surface area contributed by atoms with Crippen molar-refractivity contribution in [1.29, 1.82) is 0 Å². The van der Waals surface area contributed by atoms with Crippen molar-refractivity contribution in [3.63, 3.8) is 0 Å². The number of fused-ring (bicyclic) bond motifs is 1. The van der Waals surface area contributed by atoms with Crippen LogP contribution in [0.2, 0.25) is 0 Å². The number of carboxylic acids is 1. The first-order valence-corrected chi connectivity index (χ1v) is 7.38. The number of carbonyl (C=O) groups is 1. The summed E-state index contributed by atoms with van der Waals surface area (Å²) >= 11 is 0. The fraction of sp³-hybridized carbons (Fsp3) is 0.529. The van der Waals surface area contributed by atoms with Gasteiger partial charge in [0.05, 0.1) is 16.6 Å². The highest BCUT2D eigenvalue weighted by Crippen LogP contribution is 2.36. The van der Waals surface area contributed by atoms with Gasteiger partial charge in [0, 0.05) is 12.0 Å². The zero-order chi connectivity index (χ0) is 15.9. The van der Waals surface area contributed by atoms with Gasteiger partial charge in [0.25, 0.3) is 0 Å². The Morgan fingerprint density at radius 1 is 1.24 bits per heavy atom. The Labute approximate surface area is 125 Å². The zero-order valence-electron chi connectivity index (χ0n) is 13.6. The molecule has 0 fully saturated rings. The number of hydrogen-bond acceptors (Lipinski definition) is 2. The fourth-order valence-electron chi connectivity index (χ4n) is 2.53. The van der Waals surface area contributed by atoms with Crippen molar-refractivity contribution in [2.24, 2.45) is 5.41 Å². The number of carboxylic acid groups (broad SMARTS) is 1. The van der Waals surface area contributed by atoms with Gasteiger partial charge in [0.2, 0.25) is 0 Å². The quantitative estimate of drug-likeness (QED) is 0.906. The number of nitrogens with zero attached hydrogens (tertiary/aromatic N) is 2. The van der Waals surface area contributed by atoms with E-state index in [2.05, 4.69) is 51.1 Å². The average molecular weight is 288 g/mol. The average Bonchev–Trinajstić information content (AvgIpc) is 2.75. The van der Waals surface area contributed by atoms with Gasteiger partial charge in [0.1, 0.15) is 5.82 Å². The van der Waals surface area contributed by atoms with Gasteiger partial charge in [-0.15, -0.1) is 0 Å². The first-order chi connectivity index (χ1) is 9.64. The lowest BCUT2D eigenvalue weighted by atomic mass is 9.87. The molecule has 0 saturated heterocycles. The van der Waals surface area contributed by atoms with Crippen molar-refractivity contribution >= 4 is 17.0 Å². The van der Waals surface area contributed by atoms with Crippen LogP contribution in [0.3, 0.4) is 0 Å². The van der Waals surface area contributed by atoms with Crippen LogP contribution in [0.1, 0.15) is 69.7 Å². The highest BCUT2D eigenvalue weighted by molar-refractivity contribution is 6.01.